The molecule has 0 aliphatic carbocycles. The van der Waals surface area contributed by atoms with Gasteiger partial charge in [0.05, 0.1) is 7.11 Å². The lowest BCUT2D eigenvalue weighted by Gasteiger charge is -2.23. The third-order valence-corrected chi connectivity index (χ3v) is 3.60. The molecule has 0 saturated heterocycles. The maximum absolute atomic E-state index is 5.83. The zero-order chi connectivity index (χ0) is 15.4. The van der Waals surface area contributed by atoms with Gasteiger partial charge in [-0.05, 0) is 42.3 Å². The summed E-state index contributed by atoms with van der Waals surface area (Å²) in [6.45, 7) is 2.82. The summed E-state index contributed by atoms with van der Waals surface area (Å²) >= 11 is 5.15. The molecule has 0 aliphatic rings. The predicted octanol–water partition coefficient (Wildman–Crippen LogP) is 3.27. The molecular weight excluding hydrogens is 280 g/mol. The van der Waals surface area contributed by atoms with Gasteiger partial charge in [0.15, 0.2) is 0 Å². The number of nitrogens with two attached hydrogens (primary N) is 1. The van der Waals surface area contributed by atoms with E-state index in [1.807, 2.05) is 37.4 Å². The van der Waals surface area contributed by atoms with Crippen LogP contribution in [0.25, 0.3) is 0 Å². The number of aryl methyl sites for hydroxylation is 1. The monoisotopic (exact) mass is 300 g/mol. The fourth-order valence-corrected chi connectivity index (χ4v) is 2.47. The quantitative estimate of drug-likeness (QED) is 0.860. The molecule has 3 nitrogen and oxygen atoms in total. The van der Waals surface area contributed by atoms with Gasteiger partial charge in [-0.25, -0.2) is 0 Å². The number of anilines is 1. The lowest BCUT2D eigenvalue weighted by Crippen LogP contribution is -2.21. The van der Waals surface area contributed by atoms with Gasteiger partial charge in [-0.1, -0.05) is 30.4 Å². The fourth-order valence-electron chi connectivity index (χ4n) is 2.30. The van der Waals surface area contributed by atoms with Crippen molar-refractivity contribution in [2.75, 3.05) is 19.1 Å². The highest BCUT2D eigenvalue weighted by Gasteiger charge is 2.10. The first kappa shape index (κ1) is 15.3. The number of methoxy groups -OCH3 is 1. The average Bonchev–Trinajstić information content (AvgIpc) is 2.47. The summed E-state index contributed by atoms with van der Waals surface area (Å²) in [5.74, 6) is 0.861. The van der Waals surface area contributed by atoms with E-state index in [4.69, 9.17) is 22.7 Å². The fraction of sp³-hybridized carbons (Fsp3) is 0.235. The lowest BCUT2D eigenvalue weighted by atomic mass is 10.1. The summed E-state index contributed by atoms with van der Waals surface area (Å²) in [4.78, 5) is 2.57. The average molecular weight is 300 g/mol. The molecule has 0 atom stereocenters. The molecule has 0 fully saturated rings. The van der Waals surface area contributed by atoms with Gasteiger partial charge >= 0.3 is 0 Å². The number of hydrogen-bond acceptors (Lipinski definition) is 3. The van der Waals surface area contributed by atoms with E-state index >= 15 is 0 Å². The molecule has 0 saturated carbocycles. The molecule has 0 spiro atoms. The van der Waals surface area contributed by atoms with Crippen LogP contribution < -0.4 is 15.4 Å². The second-order valence-electron chi connectivity index (χ2n) is 5.09. The van der Waals surface area contributed by atoms with E-state index in [1.54, 1.807) is 7.11 Å². The van der Waals surface area contributed by atoms with Crippen LogP contribution in [0.15, 0.2) is 42.5 Å². The van der Waals surface area contributed by atoms with E-state index in [2.05, 4.69) is 24.0 Å². The Morgan fingerprint density at radius 1 is 1.24 bits per heavy atom. The number of nitrogens with zero attached hydrogens (tertiary/aromatic N) is 1. The number of thiocarbonyl (C=S) groups is 1. The molecule has 0 aliphatic heterocycles. The van der Waals surface area contributed by atoms with Crippen molar-refractivity contribution in [3.05, 3.63) is 59.2 Å². The lowest BCUT2D eigenvalue weighted by molar-refractivity contribution is 0.414. The maximum atomic E-state index is 5.83. The highest BCUT2D eigenvalue weighted by molar-refractivity contribution is 7.80. The third kappa shape index (κ3) is 3.73. The summed E-state index contributed by atoms with van der Waals surface area (Å²) in [5, 5.41) is 0. The highest BCUT2D eigenvalue weighted by atomic mass is 32.1. The smallest absolute Gasteiger partial charge is 0.119 e. The van der Waals surface area contributed by atoms with Crippen molar-refractivity contribution in [1.29, 1.82) is 0 Å². The standard InChI is InChI=1S/C17H20N2OS/c1-12-7-8-15(17(18)21)16(9-12)19(2)11-13-5-4-6-14(10-13)20-3/h4-10H,11H2,1-3H3,(H2,18,21). The van der Waals surface area contributed by atoms with E-state index in [0.717, 1.165) is 23.5 Å². The summed E-state index contributed by atoms with van der Waals surface area (Å²) in [6.07, 6.45) is 0. The van der Waals surface area contributed by atoms with Crippen LogP contribution in [-0.4, -0.2) is 19.1 Å². The van der Waals surface area contributed by atoms with E-state index in [1.165, 1.54) is 11.1 Å². The molecule has 0 amide bonds. The van der Waals surface area contributed by atoms with Crippen molar-refractivity contribution in [2.45, 2.75) is 13.5 Å². The van der Waals surface area contributed by atoms with Gasteiger partial charge in [0, 0.05) is 24.8 Å². The Bertz CT molecular complexity index is 655. The zero-order valence-corrected chi connectivity index (χ0v) is 13.4. The second kappa shape index (κ2) is 6.59. The minimum absolute atomic E-state index is 0.419. The van der Waals surface area contributed by atoms with Gasteiger partial charge in [-0.2, -0.15) is 0 Å². The van der Waals surface area contributed by atoms with Crippen molar-refractivity contribution in [3.8, 4) is 5.75 Å². The molecule has 4 heteroatoms. The number of rotatable bonds is 5. The molecule has 0 heterocycles. The molecule has 2 aromatic rings. The minimum Gasteiger partial charge on any atom is -0.497 e. The molecule has 2 rings (SSSR count). The van der Waals surface area contributed by atoms with Crippen LogP contribution in [0.4, 0.5) is 5.69 Å². The predicted molar refractivity (Wildman–Crippen MR) is 92.2 cm³/mol. The van der Waals surface area contributed by atoms with E-state index in [0.29, 0.717) is 4.99 Å². The summed E-state index contributed by atoms with van der Waals surface area (Å²) < 4.78 is 5.26. The van der Waals surface area contributed by atoms with Crippen molar-refractivity contribution in [2.24, 2.45) is 5.73 Å². The van der Waals surface area contributed by atoms with E-state index in [-0.39, 0.29) is 0 Å². The Labute approximate surface area is 131 Å². The van der Waals surface area contributed by atoms with E-state index in [9.17, 15) is 0 Å². The summed E-state index contributed by atoms with van der Waals surface area (Å²) in [7, 11) is 3.71. The summed E-state index contributed by atoms with van der Waals surface area (Å²) in [5.41, 5.74) is 10.1. The van der Waals surface area contributed by atoms with Crippen molar-refractivity contribution >= 4 is 22.9 Å². The first-order chi connectivity index (χ1) is 10.0. The molecule has 0 bridgehead atoms. The molecule has 0 aromatic heterocycles. The van der Waals surface area contributed by atoms with Crippen LogP contribution in [0.1, 0.15) is 16.7 Å². The first-order valence-corrected chi connectivity index (χ1v) is 7.16. The van der Waals surface area contributed by atoms with Crippen LogP contribution >= 0.6 is 12.2 Å². The van der Waals surface area contributed by atoms with Crippen LogP contribution in [0, 0.1) is 6.92 Å². The topological polar surface area (TPSA) is 38.5 Å². The molecule has 2 aromatic carbocycles. The number of hydrogen-bond donors (Lipinski definition) is 1. The van der Waals surface area contributed by atoms with Gasteiger partial charge in [0.2, 0.25) is 0 Å². The van der Waals surface area contributed by atoms with Gasteiger partial charge in [-0.3, -0.25) is 0 Å². The van der Waals surface area contributed by atoms with Crippen LogP contribution in [-0.2, 0) is 6.54 Å². The van der Waals surface area contributed by atoms with Crippen molar-refractivity contribution < 1.29 is 4.74 Å². The number of benzene rings is 2. The Balaban J connectivity index is 2.29. The zero-order valence-electron chi connectivity index (χ0n) is 12.6. The summed E-state index contributed by atoms with van der Waals surface area (Å²) in [6, 6.07) is 14.2. The Morgan fingerprint density at radius 3 is 2.67 bits per heavy atom. The van der Waals surface area contributed by atoms with Gasteiger partial charge in [0.1, 0.15) is 10.7 Å². The van der Waals surface area contributed by atoms with Crippen molar-refractivity contribution in [1.82, 2.24) is 0 Å². The van der Waals surface area contributed by atoms with Crippen molar-refractivity contribution in [3.63, 3.8) is 0 Å². The van der Waals surface area contributed by atoms with Crippen LogP contribution in [0.2, 0.25) is 0 Å². The molecular formula is C17H20N2OS. The van der Waals surface area contributed by atoms with Gasteiger partial charge in [0.25, 0.3) is 0 Å². The third-order valence-electron chi connectivity index (χ3n) is 3.38. The maximum Gasteiger partial charge on any atom is 0.119 e. The molecule has 110 valence electrons. The van der Waals surface area contributed by atoms with Gasteiger partial charge < -0.3 is 15.4 Å². The first-order valence-electron chi connectivity index (χ1n) is 6.76. The Kier molecular flexibility index (Phi) is 4.81. The molecule has 2 N–H and O–H groups in total. The van der Waals surface area contributed by atoms with Crippen LogP contribution in [0.5, 0.6) is 5.75 Å². The largest absolute Gasteiger partial charge is 0.497 e. The Hall–Kier alpha value is -2.07. The van der Waals surface area contributed by atoms with Gasteiger partial charge in [-0.15, -0.1) is 0 Å². The second-order valence-corrected chi connectivity index (χ2v) is 5.53. The minimum atomic E-state index is 0.419. The van der Waals surface area contributed by atoms with Crippen LogP contribution in [0.3, 0.4) is 0 Å². The molecule has 0 unspecified atom stereocenters. The SMILES string of the molecule is COc1cccc(CN(C)c2cc(C)ccc2C(N)=S)c1. The number of ether oxygens (including phenoxy) is 1. The highest BCUT2D eigenvalue weighted by Crippen LogP contribution is 2.24. The molecule has 21 heavy (non-hydrogen) atoms. The molecule has 0 radical (unpaired) electrons. The Morgan fingerprint density at radius 2 is 2.00 bits per heavy atom. The normalized spacial score (nSPS) is 10.2. The van der Waals surface area contributed by atoms with E-state index < -0.39 is 0 Å².